The maximum Gasteiger partial charge on any atom is 0.264 e. The van der Waals surface area contributed by atoms with E-state index < -0.39 is 38.2 Å². The van der Waals surface area contributed by atoms with Gasteiger partial charge in [0.05, 0.1) is 21.9 Å². The fourth-order valence-corrected chi connectivity index (χ4v) is 10.1. The zero-order valence-corrected chi connectivity index (χ0v) is 29.1. The van der Waals surface area contributed by atoms with Gasteiger partial charge in [0, 0.05) is 21.2 Å². The Bertz CT molecular complexity index is 1910. The Labute approximate surface area is 276 Å². The summed E-state index contributed by atoms with van der Waals surface area (Å²) in [6, 6.07) is 27.7. The molecule has 0 radical (unpaired) electrons. The van der Waals surface area contributed by atoms with E-state index in [1.807, 2.05) is 62.4 Å². The third kappa shape index (κ3) is 5.95. The van der Waals surface area contributed by atoms with Crippen LogP contribution in [0.4, 0.5) is 0 Å². The molecule has 0 unspecified atom stereocenters. The number of halogens is 2. The van der Waals surface area contributed by atoms with E-state index in [9.17, 15) is 16.8 Å². The topological polar surface area (TPSA) is 74.8 Å². The van der Waals surface area contributed by atoms with Crippen molar-refractivity contribution in [2.45, 2.75) is 61.0 Å². The van der Waals surface area contributed by atoms with Crippen LogP contribution in [-0.4, -0.2) is 31.5 Å². The molecule has 0 aromatic heterocycles. The molecule has 4 aromatic rings. The average molecular weight is 757 g/mol. The fourth-order valence-electron chi connectivity index (χ4n) is 6.16. The molecule has 6 nitrogen and oxygen atoms in total. The van der Waals surface area contributed by atoms with E-state index in [1.54, 1.807) is 59.0 Å². The molecule has 1 saturated heterocycles. The first-order valence-electron chi connectivity index (χ1n) is 14.4. The summed E-state index contributed by atoms with van der Waals surface area (Å²) in [7, 11) is -7.87. The van der Waals surface area contributed by atoms with Gasteiger partial charge in [-0.25, -0.2) is 16.8 Å². The van der Waals surface area contributed by atoms with Crippen molar-refractivity contribution < 1.29 is 16.8 Å². The van der Waals surface area contributed by atoms with Gasteiger partial charge in [0.2, 0.25) is 10.0 Å². The minimum atomic E-state index is -3.94. The Morgan fingerprint density at radius 1 is 0.568 bits per heavy atom. The summed E-state index contributed by atoms with van der Waals surface area (Å²) >= 11 is 6.98. The Morgan fingerprint density at radius 3 is 1.50 bits per heavy atom. The van der Waals surface area contributed by atoms with Crippen molar-refractivity contribution in [3.63, 3.8) is 0 Å². The van der Waals surface area contributed by atoms with Crippen molar-refractivity contribution in [2.24, 2.45) is 0 Å². The third-order valence-electron chi connectivity index (χ3n) is 8.49. The molecule has 2 heterocycles. The highest BCUT2D eigenvalue weighted by molar-refractivity contribution is 9.10. The van der Waals surface area contributed by atoms with Crippen molar-refractivity contribution in [2.75, 3.05) is 0 Å². The molecule has 44 heavy (non-hydrogen) atoms. The van der Waals surface area contributed by atoms with Crippen LogP contribution >= 0.6 is 31.9 Å². The van der Waals surface area contributed by atoms with Crippen LogP contribution in [0, 0.1) is 13.8 Å². The molecule has 0 bridgehead atoms. The molecule has 0 N–H and O–H groups in total. The van der Waals surface area contributed by atoms with E-state index in [4.69, 9.17) is 0 Å². The number of rotatable bonds is 7. The highest BCUT2D eigenvalue weighted by Gasteiger charge is 2.47. The van der Waals surface area contributed by atoms with Gasteiger partial charge in [-0.05, 0) is 98.3 Å². The van der Waals surface area contributed by atoms with Crippen molar-refractivity contribution in [1.82, 2.24) is 8.61 Å². The first-order chi connectivity index (χ1) is 20.9. The molecular weight excluding hydrogens is 724 g/mol. The van der Waals surface area contributed by atoms with Gasteiger partial charge in [0.15, 0.2) is 0 Å². The second-order valence-electron chi connectivity index (χ2n) is 11.4. The van der Waals surface area contributed by atoms with Gasteiger partial charge < -0.3 is 0 Å². The van der Waals surface area contributed by atoms with Crippen LogP contribution < -0.4 is 0 Å². The molecule has 4 aromatic carbocycles. The van der Waals surface area contributed by atoms with Crippen LogP contribution in [0.2, 0.25) is 0 Å². The molecule has 228 valence electrons. The second kappa shape index (κ2) is 12.2. The number of hydrogen-bond donors (Lipinski definition) is 0. The largest absolute Gasteiger partial charge is 0.266 e. The van der Waals surface area contributed by atoms with Gasteiger partial charge in [-0.1, -0.05) is 91.5 Å². The predicted molar refractivity (Wildman–Crippen MR) is 180 cm³/mol. The molecule has 2 aliphatic rings. The predicted octanol–water partition coefficient (Wildman–Crippen LogP) is 8.44. The van der Waals surface area contributed by atoms with Gasteiger partial charge in [-0.3, -0.25) is 4.31 Å². The highest BCUT2D eigenvalue weighted by Crippen LogP contribution is 2.48. The van der Waals surface area contributed by atoms with Gasteiger partial charge in [-0.2, -0.15) is 4.31 Å². The van der Waals surface area contributed by atoms with Crippen LogP contribution in [0.3, 0.4) is 0 Å². The molecule has 0 aliphatic carbocycles. The zero-order chi connectivity index (χ0) is 31.2. The number of sulfonamides is 2. The normalized spacial score (nSPS) is 21.0. The van der Waals surface area contributed by atoms with Crippen LogP contribution in [-0.2, 0) is 20.0 Å². The van der Waals surface area contributed by atoms with Crippen LogP contribution in [0.1, 0.15) is 53.6 Å². The molecule has 0 saturated carbocycles. The number of hydrogen-bond acceptors (Lipinski definition) is 4. The highest BCUT2D eigenvalue weighted by atomic mass is 79.9. The van der Waals surface area contributed by atoms with Gasteiger partial charge >= 0.3 is 0 Å². The van der Waals surface area contributed by atoms with E-state index in [0.717, 1.165) is 36.8 Å². The van der Waals surface area contributed by atoms with Crippen LogP contribution in [0.5, 0.6) is 0 Å². The van der Waals surface area contributed by atoms with Crippen molar-refractivity contribution in [3.8, 4) is 0 Å². The Balaban J connectivity index is 1.46. The second-order valence-corrected chi connectivity index (χ2v) is 16.9. The van der Waals surface area contributed by atoms with E-state index >= 15 is 0 Å². The lowest BCUT2D eigenvalue weighted by atomic mass is 9.98. The summed E-state index contributed by atoms with van der Waals surface area (Å²) < 4.78 is 62.0. The summed E-state index contributed by atoms with van der Waals surface area (Å²) in [5, 5.41) is 0. The van der Waals surface area contributed by atoms with Crippen molar-refractivity contribution in [3.05, 3.63) is 140 Å². The van der Waals surface area contributed by atoms with Gasteiger partial charge in [-0.15, -0.1) is 0 Å². The third-order valence-corrected chi connectivity index (χ3v) is 13.3. The number of benzene rings is 4. The fraction of sp³-hybridized carbons (Fsp3) is 0.235. The van der Waals surface area contributed by atoms with E-state index in [-0.39, 0.29) is 9.79 Å². The summed E-state index contributed by atoms with van der Waals surface area (Å²) in [6.45, 7) is 3.84. The minimum absolute atomic E-state index is 0.200. The average Bonchev–Trinajstić information content (AvgIpc) is 3.65. The molecule has 1 fully saturated rings. The van der Waals surface area contributed by atoms with Crippen molar-refractivity contribution >= 4 is 51.9 Å². The number of aryl methyl sites for hydroxylation is 2. The molecule has 0 spiro atoms. The maximum absolute atomic E-state index is 14.4. The van der Waals surface area contributed by atoms with E-state index in [1.165, 1.54) is 4.31 Å². The monoisotopic (exact) mass is 754 g/mol. The SMILES string of the molecule is Cc1ccc(S(=O)(=O)N2C=C([C@H]3CC[C@@H](c4ccc(Br)cc4)N3S(=O)(=O)c3ccc(C)cc3)C[C@H]2c2ccc(Br)cc2)cc1. The molecular formula is C34H32Br2N2O4S2. The Kier molecular flexibility index (Phi) is 8.67. The summed E-state index contributed by atoms with van der Waals surface area (Å²) in [5.41, 5.74) is 4.46. The van der Waals surface area contributed by atoms with Gasteiger partial charge in [0.1, 0.15) is 0 Å². The summed E-state index contributed by atoms with van der Waals surface area (Å²) in [4.78, 5) is 0.426. The lowest BCUT2D eigenvalue weighted by molar-refractivity contribution is 0.345. The maximum atomic E-state index is 14.4. The lowest BCUT2D eigenvalue weighted by Crippen LogP contribution is -2.38. The molecule has 0 amide bonds. The number of nitrogens with zero attached hydrogens (tertiary/aromatic N) is 2. The lowest BCUT2D eigenvalue weighted by Gasteiger charge is -2.30. The Morgan fingerprint density at radius 2 is 1.00 bits per heavy atom. The minimum Gasteiger partial charge on any atom is -0.266 e. The molecule has 10 heteroatoms. The van der Waals surface area contributed by atoms with Crippen LogP contribution in [0.25, 0.3) is 0 Å². The van der Waals surface area contributed by atoms with Crippen LogP contribution in [0.15, 0.2) is 128 Å². The first kappa shape index (κ1) is 31.2. The van der Waals surface area contributed by atoms with E-state index in [2.05, 4.69) is 31.9 Å². The van der Waals surface area contributed by atoms with E-state index in [0.29, 0.717) is 19.3 Å². The van der Waals surface area contributed by atoms with Gasteiger partial charge in [0.25, 0.3) is 10.0 Å². The summed E-state index contributed by atoms with van der Waals surface area (Å²) in [6.07, 6.45) is 3.25. The molecule has 3 atom stereocenters. The zero-order valence-electron chi connectivity index (χ0n) is 24.3. The Hall–Kier alpha value is -2.76. The quantitative estimate of drug-likeness (QED) is 0.190. The summed E-state index contributed by atoms with van der Waals surface area (Å²) in [5.74, 6) is 0. The van der Waals surface area contributed by atoms with Crippen molar-refractivity contribution in [1.29, 1.82) is 0 Å². The molecule has 2 aliphatic heterocycles. The molecule has 6 rings (SSSR count). The smallest absolute Gasteiger partial charge is 0.264 e. The standard InChI is InChI=1S/C34H32Br2N2O4S2/c1-23-3-15-30(16-4-23)43(39,40)37-22-27(21-34(37)26-9-13-29(36)14-10-26)33-20-19-32(25-7-11-28(35)12-8-25)38(33)44(41,42)31-17-5-24(2)6-18-31/h3-18,22,32-34H,19-21H2,1-2H3/t32-,33+,34-/m0/s1. The first-order valence-corrected chi connectivity index (χ1v) is 18.8.